The van der Waals surface area contributed by atoms with Crippen LogP contribution in [0.2, 0.25) is 0 Å². The van der Waals surface area contributed by atoms with Gasteiger partial charge in [0.05, 0.1) is 0 Å². The summed E-state index contributed by atoms with van der Waals surface area (Å²) in [5, 5.41) is 9.78. The Labute approximate surface area is 88.7 Å². The molecule has 1 N–H and O–H groups in total. The van der Waals surface area contributed by atoms with Crippen LogP contribution in [0.3, 0.4) is 0 Å². The molecule has 0 spiro atoms. The van der Waals surface area contributed by atoms with Crippen molar-refractivity contribution in [3.63, 3.8) is 0 Å². The minimum atomic E-state index is -2.75. The number of benzene rings is 1. The third-order valence-electron chi connectivity index (χ3n) is 2.76. The first-order chi connectivity index (χ1) is 7.04. The van der Waals surface area contributed by atoms with Crippen LogP contribution in [0.4, 0.5) is 8.78 Å². The molecule has 1 atom stereocenters. The van der Waals surface area contributed by atoms with E-state index in [0.29, 0.717) is 0 Å². The molecule has 15 heavy (non-hydrogen) atoms. The quantitative estimate of drug-likeness (QED) is 0.816. The van der Waals surface area contributed by atoms with Gasteiger partial charge in [0.25, 0.3) is 6.43 Å². The maximum absolute atomic E-state index is 12.7. The van der Waals surface area contributed by atoms with Gasteiger partial charge in [-0.2, -0.15) is 0 Å². The number of hydrogen-bond acceptors (Lipinski definition) is 1. The summed E-state index contributed by atoms with van der Waals surface area (Å²) in [6.45, 7) is 3.55. The van der Waals surface area contributed by atoms with E-state index >= 15 is 0 Å². The molecule has 0 saturated heterocycles. The van der Waals surface area contributed by atoms with Crippen molar-refractivity contribution in [2.75, 3.05) is 0 Å². The predicted molar refractivity (Wildman–Crippen MR) is 56.0 cm³/mol. The standard InChI is InChI=1S/C12H16F2O/c1-3-9-5-7-10(8-6-9)12(15,4-2)11(13)14/h5-8,11,15H,3-4H2,1-2H3. The fraction of sp³-hybridized carbons (Fsp3) is 0.500. The molecular formula is C12H16F2O. The normalized spacial score (nSPS) is 15.3. The van der Waals surface area contributed by atoms with E-state index < -0.39 is 12.0 Å². The molecule has 1 nitrogen and oxygen atoms in total. The lowest BCUT2D eigenvalue weighted by Crippen LogP contribution is -2.33. The third-order valence-corrected chi connectivity index (χ3v) is 2.76. The number of hydrogen-bond donors (Lipinski definition) is 1. The molecule has 0 aliphatic rings. The molecule has 0 bridgehead atoms. The minimum absolute atomic E-state index is 0.0101. The highest BCUT2D eigenvalue weighted by Gasteiger charge is 2.37. The second kappa shape index (κ2) is 4.71. The monoisotopic (exact) mass is 214 g/mol. The summed E-state index contributed by atoms with van der Waals surface area (Å²) in [5.74, 6) is 0. The summed E-state index contributed by atoms with van der Waals surface area (Å²) < 4.78 is 25.4. The van der Waals surface area contributed by atoms with Gasteiger partial charge in [0.1, 0.15) is 5.60 Å². The SMILES string of the molecule is CCc1ccc(C(O)(CC)C(F)F)cc1. The molecule has 0 aliphatic heterocycles. The summed E-state index contributed by atoms with van der Waals surface area (Å²) in [6.07, 6.45) is -1.88. The van der Waals surface area contributed by atoms with E-state index in [2.05, 4.69) is 0 Å². The van der Waals surface area contributed by atoms with Crippen LogP contribution in [-0.2, 0) is 12.0 Å². The Balaban J connectivity index is 3.03. The molecular weight excluding hydrogens is 198 g/mol. The van der Waals surface area contributed by atoms with Gasteiger partial charge in [-0.15, -0.1) is 0 Å². The predicted octanol–water partition coefficient (Wildman–Crippen LogP) is 3.11. The van der Waals surface area contributed by atoms with Crippen molar-refractivity contribution < 1.29 is 13.9 Å². The largest absolute Gasteiger partial charge is 0.379 e. The van der Waals surface area contributed by atoms with Gasteiger partial charge in [0, 0.05) is 0 Å². The molecule has 1 aromatic rings. The third kappa shape index (κ3) is 2.34. The number of rotatable bonds is 4. The van der Waals surface area contributed by atoms with Gasteiger partial charge in [0.15, 0.2) is 0 Å². The zero-order chi connectivity index (χ0) is 11.5. The minimum Gasteiger partial charge on any atom is -0.379 e. The average Bonchev–Trinajstić information content (AvgIpc) is 2.28. The van der Waals surface area contributed by atoms with Gasteiger partial charge in [-0.05, 0) is 24.0 Å². The Kier molecular flexibility index (Phi) is 3.80. The fourth-order valence-corrected chi connectivity index (χ4v) is 1.51. The Morgan fingerprint density at radius 3 is 2.07 bits per heavy atom. The summed E-state index contributed by atoms with van der Waals surface area (Å²) >= 11 is 0. The van der Waals surface area contributed by atoms with Crippen LogP contribution in [-0.4, -0.2) is 11.5 Å². The van der Waals surface area contributed by atoms with Crippen LogP contribution in [0.1, 0.15) is 31.4 Å². The molecule has 0 saturated carbocycles. The molecule has 0 radical (unpaired) electrons. The fourth-order valence-electron chi connectivity index (χ4n) is 1.51. The summed E-state index contributed by atoms with van der Waals surface area (Å²) in [5.41, 5.74) is -0.643. The molecule has 0 amide bonds. The lowest BCUT2D eigenvalue weighted by atomic mass is 9.91. The first kappa shape index (κ1) is 12.1. The van der Waals surface area contributed by atoms with E-state index in [-0.39, 0.29) is 12.0 Å². The molecule has 0 aliphatic carbocycles. The van der Waals surface area contributed by atoms with E-state index in [1.807, 2.05) is 6.92 Å². The van der Waals surface area contributed by atoms with Crippen LogP contribution in [0.15, 0.2) is 24.3 Å². The Hall–Kier alpha value is -0.960. The zero-order valence-corrected chi connectivity index (χ0v) is 9.00. The van der Waals surface area contributed by atoms with Crippen LogP contribution < -0.4 is 0 Å². The first-order valence-corrected chi connectivity index (χ1v) is 5.14. The molecule has 1 aromatic carbocycles. The number of halogens is 2. The van der Waals surface area contributed by atoms with Crippen LogP contribution in [0.5, 0.6) is 0 Å². The number of alkyl halides is 2. The van der Waals surface area contributed by atoms with Crippen molar-refractivity contribution >= 4 is 0 Å². The maximum Gasteiger partial charge on any atom is 0.270 e. The summed E-state index contributed by atoms with van der Waals surface area (Å²) in [4.78, 5) is 0. The molecule has 0 fully saturated rings. The zero-order valence-electron chi connectivity index (χ0n) is 9.00. The van der Waals surface area contributed by atoms with Crippen LogP contribution in [0, 0.1) is 0 Å². The van der Waals surface area contributed by atoms with E-state index in [1.54, 1.807) is 31.2 Å². The van der Waals surface area contributed by atoms with Gasteiger partial charge in [0.2, 0.25) is 0 Å². The van der Waals surface area contributed by atoms with Crippen LogP contribution >= 0.6 is 0 Å². The lowest BCUT2D eigenvalue weighted by molar-refractivity contribution is -0.104. The molecule has 1 unspecified atom stereocenters. The van der Waals surface area contributed by atoms with E-state index in [0.717, 1.165) is 12.0 Å². The average molecular weight is 214 g/mol. The molecule has 0 heterocycles. The van der Waals surface area contributed by atoms with Crippen molar-refractivity contribution in [3.8, 4) is 0 Å². The van der Waals surface area contributed by atoms with Crippen LogP contribution in [0.25, 0.3) is 0 Å². The highest BCUT2D eigenvalue weighted by molar-refractivity contribution is 5.27. The van der Waals surface area contributed by atoms with Crippen molar-refractivity contribution in [1.82, 2.24) is 0 Å². The molecule has 3 heteroatoms. The molecule has 0 aromatic heterocycles. The van der Waals surface area contributed by atoms with Gasteiger partial charge < -0.3 is 5.11 Å². The van der Waals surface area contributed by atoms with Gasteiger partial charge >= 0.3 is 0 Å². The Morgan fingerprint density at radius 1 is 1.20 bits per heavy atom. The maximum atomic E-state index is 12.7. The molecule has 1 rings (SSSR count). The molecule has 84 valence electrons. The van der Waals surface area contributed by atoms with Crippen molar-refractivity contribution in [2.45, 2.75) is 38.7 Å². The van der Waals surface area contributed by atoms with Crippen molar-refractivity contribution in [3.05, 3.63) is 35.4 Å². The van der Waals surface area contributed by atoms with Gasteiger partial charge in [-0.3, -0.25) is 0 Å². The van der Waals surface area contributed by atoms with Gasteiger partial charge in [-0.25, -0.2) is 8.78 Å². The highest BCUT2D eigenvalue weighted by atomic mass is 19.3. The van der Waals surface area contributed by atoms with E-state index in [9.17, 15) is 13.9 Å². The number of aryl methyl sites for hydroxylation is 1. The lowest BCUT2D eigenvalue weighted by Gasteiger charge is -2.26. The van der Waals surface area contributed by atoms with E-state index in [1.165, 1.54) is 0 Å². The van der Waals surface area contributed by atoms with Gasteiger partial charge in [-0.1, -0.05) is 38.1 Å². The summed E-state index contributed by atoms with van der Waals surface area (Å²) in [6, 6.07) is 6.71. The second-order valence-corrected chi connectivity index (χ2v) is 3.63. The highest BCUT2D eigenvalue weighted by Crippen LogP contribution is 2.31. The smallest absolute Gasteiger partial charge is 0.270 e. The summed E-state index contributed by atoms with van der Waals surface area (Å²) in [7, 11) is 0. The van der Waals surface area contributed by atoms with Crippen molar-refractivity contribution in [2.24, 2.45) is 0 Å². The number of aliphatic hydroxyl groups is 1. The topological polar surface area (TPSA) is 20.2 Å². The first-order valence-electron chi connectivity index (χ1n) is 5.14. The Bertz CT molecular complexity index is 308. The van der Waals surface area contributed by atoms with Crippen molar-refractivity contribution in [1.29, 1.82) is 0 Å². The Morgan fingerprint density at radius 2 is 1.73 bits per heavy atom. The second-order valence-electron chi connectivity index (χ2n) is 3.63. The van der Waals surface area contributed by atoms with E-state index in [4.69, 9.17) is 0 Å².